The molecular formula is C29H25ClFN7O2. The molecule has 1 N–H and O–H groups in total. The molecule has 3 fully saturated rings. The number of anilines is 1. The summed E-state index contributed by atoms with van der Waals surface area (Å²) in [4.78, 5) is 22.3. The number of pyridine rings is 2. The molecule has 3 aliphatic rings. The number of fused-ring (bicyclic) bond motifs is 8. The number of hydrogen-bond acceptors (Lipinski definition) is 6. The number of aromatic nitrogens is 5. The molecule has 1 amide bonds. The summed E-state index contributed by atoms with van der Waals surface area (Å²) in [5.74, 6) is 1.46. The van der Waals surface area contributed by atoms with Crippen molar-refractivity contribution in [3.8, 4) is 16.9 Å². The fourth-order valence-corrected chi connectivity index (χ4v) is 7.31. The van der Waals surface area contributed by atoms with E-state index in [4.69, 9.17) is 21.3 Å². The summed E-state index contributed by atoms with van der Waals surface area (Å²) in [7, 11) is 0. The molecule has 7 heterocycles. The number of carbonyl (C=O) groups is 1. The Morgan fingerprint density at radius 1 is 1.18 bits per heavy atom. The number of amides is 1. The topological polar surface area (TPSA) is 91.6 Å². The summed E-state index contributed by atoms with van der Waals surface area (Å²) in [6.07, 6.45) is 6.52. The maximum Gasteiger partial charge on any atom is 0.258 e. The molecule has 2 bridgehead atoms. The van der Waals surface area contributed by atoms with Crippen molar-refractivity contribution in [1.29, 1.82) is 0 Å². The normalized spacial score (nSPS) is 23.2. The van der Waals surface area contributed by atoms with Gasteiger partial charge in [-0.05, 0) is 43.7 Å². The van der Waals surface area contributed by atoms with Gasteiger partial charge in [-0.15, -0.1) is 5.10 Å². The van der Waals surface area contributed by atoms with E-state index in [9.17, 15) is 9.18 Å². The zero-order chi connectivity index (χ0) is 27.1. The smallest absolute Gasteiger partial charge is 0.258 e. The first kappa shape index (κ1) is 23.7. The van der Waals surface area contributed by atoms with Crippen molar-refractivity contribution in [1.82, 2.24) is 29.7 Å². The molecule has 0 radical (unpaired) electrons. The van der Waals surface area contributed by atoms with Crippen LogP contribution in [-0.2, 0) is 0 Å². The number of halogens is 2. The van der Waals surface area contributed by atoms with Gasteiger partial charge in [-0.1, -0.05) is 17.7 Å². The van der Waals surface area contributed by atoms with Gasteiger partial charge in [0.15, 0.2) is 5.65 Å². The predicted octanol–water partition coefficient (Wildman–Crippen LogP) is 4.81. The minimum atomic E-state index is -0.562. The molecule has 3 aliphatic heterocycles. The van der Waals surface area contributed by atoms with E-state index in [2.05, 4.69) is 32.3 Å². The highest BCUT2D eigenvalue weighted by Crippen LogP contribution is 2.53. The summed E-state index contributed by atoms with van der Waals surface area (Å²) in [5, 5.41) is 12.8. The first-order valence-corrected chi connectivity index (χ1v) is 13.9. The Morgan fingerprint density at radius 2 is 2.00 bits per heavy atom. The van der Waals surface area contributed by atoms with E-state index in [0.29, 0.717) is 24.1 Å². The Hall–Kier alpha value is -4.18. The number of rotatable bonds is 5. The Bertz CT molecular complexity index is 1760. The molecule has 0 saturated carbocycles. The molecule has 0 aliphatic carbocycles. The van der Waals surface area contributed by atoms with E-state index in [1.165, 1.54) is 12.1 Å². The van der Waals surface area contributed by atoms with E-state index in [1.54, 1.807) is 12.3 Å². The van der Waals surface area contributed by atoms with Crippen LogP contribution in [0.2, 0.25) is 5.02 Å². The minimum Gasteiger partial charge on any atom is -0.492 e. The van der Waals surface area contributed by atoms with Crippen LogP contribution in [0, 0.1) is 17.7 Å². The Morgan fingerprint density at radius 3 is 2.73 bits per heavy atom. The molecule has 4 atom stereocenters. The fourth-order valence-electron chi connectivity index (χ4n) is 7.07. The van der Waals surface area contributed by atoms with Gasteiger partial charge in [-0.25, -0.2) is 13.9 Å². The number of ether oxygens (including phenoxy) is 1. The number of benzene rings is 1. The van der Waals surface area contributed by atoms with Crippen molar-refractivity contribution >= 4 is 39.9 Å². The van der Waals surface area contributed by atoms with Crippen molar-refractivity contribution in [3.63, 3.8) is 0 Å². The average Bonchev–Trinajstić information content (AvgIpc) is 3.71. The first-order valence-electron chi connectivity index (χ1n) is 13.5. The Labute approximate surface area is 233 Å². The lowest BCUT2D eigenvalue weighted by Gasteiger charge is -2.44. The number of nitrogens with zero attached hydrogens (tertiary/aromatic N) is 6. The summed E-state index contributed by atoms with van der Waals surface area (Å²) >= 11 is 6.20. The third kappa shape index (κ3) is 3.32. The van der Waals surface area contributed by atoms with Crippen LogP contribution in [0.3, 0.4) is 0 Å². The zero-order valence-electron chi connectivity index (χ0n) is 21.6. The van der Waals surface area contributed by atoms with E-state index in [0.717, 1.165) is 53.1 Å². The molecule has 40 heavy (non-hydrogen) atoms. The molecular weight excluding hydrogens is 533 g/mol. The monoisotopic (exact) mass is 557 g/mol. The summed E-state index contributed by atoms with van der Waals surface area (Å²) < 4.78 is 22.1. The van der Waals surface area contributed by atoms with Crippen LogP contribution in [0.25, 0.3) is 27.7 Å². The van der Waals surface area contributed by atoms with Gasteiger partial charge in [0.05, 0.1) is 40.5 Å². The van der Waals surface area contributed by atoms with E-state index >= 15 is 0 Å². The molecule has 9 nitrogen and oxygen atoms in total. The van der Waals surface area contributed by atoms with Crippen molar-refractivity contribution in [3.05, 3.63) is 71.4 Å². The highest BCUT2D eigenvalue weighted by atomic mass is 35.5. The van der Waals surface area contributed by atoms with Gasteiger partial charge in [-0.2, -0.15) is 5.10 Å². The van der Waals surface area contributed by atoms with Gasteiger partial charge < -0.3 is 14.5 Å². The SMILES string of the molecule is CCOc1cc(-c2ccc(N3CC4C(C3)C3CC4N3C(=O)c3c(F)cccc3Cl)nc2)c2c3cn[nH]c3nn2c1. The van der Waals surface area contributed by atoms with Crippen LogP contribution >= 0.6 is 11.6 Å². The van der Waals surface area contributed by atoms with E-state index in [1.807, 2.05) is 34.8 Å². The third-order valence-electron chi connectivity index (χ3n) is 8.81. The predicted molar refractivity (Wildman–Crippen MR) is 148 cm³/mol. The fraction of sp³-hybridized carbons (Fsp3) is 0.310. The number of aromatic amines is 1. The molecule has 5 aromatic rings. The number of hydrogen-bond donors (Lipinski definition) is 1. The molecule has 1 aromatic carbocycles. The van der Waals surface area contributed by atoms with E-state index in [-0.39, 0.29) is 28.6 Å². The second-order valence-corrected chi connectivity index (χ2v) is 11.2. The van der Waals surface area contributed by atoms with Crippen LogP contribution in [0.4, 0.5) is 10.2 Å². The van der Waals surface area contributed by atoms with Gasteiger partial charge in [-0.3, -0.25) is 9.89 Å². The number of carbonyl (C=O) groups excluding carboxylic acids is 1. The Kier molecular flexibility index (Phi) is 5.13. The van der Waals surface area contributed by atoms with Gasteiger partial charge in [0.25, 0.3) is 5.91 Å². The molecule has 0 spiro atoms. The van der Waals surface area contributed by atoms with Gasteiger partial charge >= 0.3 is 0 Å². The molecule has 4 aromatic heterocycles. The second-order valence-electron chi connectivity index (χ2n) is 10.8. The van der Waals surface area contributed by atoms with Gasteiger partial charge in [0.2, 0.25) is 0 Å². The standard InChI is InChI=1S/C29H25ClFN7O2/c1-2-40-16-8-17(27-18-11-33-34-28(18)35-37(27)12-16)15-6-7-25(32-10-15)36-13-19-20(14-36)24-9-23(19)38(24)29(39)26-21(30)4-3-5-22(26)31/h3-8,10-12,19-20,23-24H,2,9,13-14H2,1H3,(H,34,35). The summed E-state index contributed by atoms with van der Waals surface area (Å²) in [6.45, 7) is 4.14. The van der Waals surface area contributed by atoms with Crippen molar-refractivity contribution in [2.45, 2.75) is 25.4 Å². The molecule has 4 unspecified atom stereocenters. The van der Waals surface area contributed by atoms with Crippen LogP contribution < -0.4 is 9.64 Å². The maximum atomic E-state index is 14.4. The molecule has 202 valence electrons. The second kappa shape index (κ2) is 8.66. The average molecular weight is 558 g/mol. The minimum absolute atomic E-state index is 0.0126. The Balaban J connectivity index is 1.04. The number of nitrogens with one attached hydrogen (secondary N) is 1. The summed E-state index contributed by atoms with van der Waals surface area (Å²) in [6, 6.07) is 10.8. The number of H-pyrrole nitrogens is 1. The van der Waals surface area contributed by atoms with Crippen molar-refractivity contribution < 1.29 is 13.9 Å². The van der Waals surface area contributed by atoms with Gasteiger partial charge in [0, 0.05) is 54.3 Å². The highest BCUT2D eigenvalue weighted by Gasteiger charge is 2.62. The van der Waals surface area contributed by atoms with Crippen LogP contribution in [0.5, 0.6) is 5.75 Å². The quantitative estimate of drug-likeness (QED) is 0.333. The van der Waals surface area contributed by atoms with Crippen LogP contribution in [0.1, 0.15) is 23.7 Å². The lowest BCUT2D eigenvalue weighted by atomic mass is 9.97. The van der Waals surface area contributed by atoms with Crippen LogP contribution in [-0.4, -0.2) is 67.4 Å². The molecule has 3 saturated heterocycles. The maximum absolute atomic E-state index is 14.4. The molecule has 11 heteroatoms. The first-order chi connectivity index (χ1) is 19.5. The highest BCUT2D eigenvalue weighted by molar-refractivity contribution is 6.33. The lowest BCUT2D eigenvalue weighted by molar-refractivity contribution is 0.0345. The zero-order valence-corrected chi connectivity index (χ0v) is 22.3. The van der Waals surface area contributed by atoms with Crippen molar-refractivity contribution in [2.75, 3.05) is 24.6 Å². The largest absolute Gasteiger partial charge is 0.492 e. The van der Waals surface area contributed by atoms with Crippen LogP contribution in [0.15, 0.2) is 55.0 Å². The molecule has 8 rings (SSSR count). The lowest BCUT2D eigenvalue weighted by Crippen LogP contribution is -2.55. The third-order valence-corrected chi connectivity index (χ3v) is 9.12. The summed E-state index contributed by atoms with van der Waals surface area (Å²) in [5.41, 5.74) is 3.57. The van der Waals surface area contributed by atoms with E-state index < -0.39 is 5.82 Å². The van der Waals surface area contributed by atoms with Crippen molar-refractivity contribution in [2.24, 2.45) is 11.8 Å². The van der Waals surface area contributed by atoms with Gasteiger partial charge in [0.1, 0.15) is 17.4 Å².